The van der Waals surface area contributed by atoms with Crippen LogP contribution in [-0.2, 0) is 0 Å². The van der Waals surface area contributed by atoms with Crippen molar-refractivity contribution in [3.8, 4) is 0 Å². The summed E-state index contributed by atoms with van der Waals surface area (Å²) in [7, 11) is 0. The lowest BCUT2D eigenvalue weighted by Gasteiger charge is -2.09. The fourth-order valence-electron chi connectivity index (χ4n) is 1.83. The summed E-state index contributed by atoms with van der Waals surface area (Å²) in [4.78, 5) is 0. The van der Waals surface area contributed by atoms with E-state index in [2.05, 4.69) is 48.6 Å². The molecule has 1 aliphatic rings. The van der Waals surface area contributed by atoms with Crippen molar-refractivity contribution in [3.63, 3.8) is 0 Å². The molecule has 0 aliphatic heterocycles. The average molecular weight is 211 g/mol. The zero-order valence-electron chi connectivity index (χ0n) is 9.39. The number of hydrogen-bond acceptors (Lipinski definition) is 1. The highest BCUT2D eigenvalue weighted by atomic mass is 14.5. The van der Waals surface area contributed by atoms with Crippen LogP contribution in [0.1, 0.15) is 18.4 Å². The minimum atomic E-state index is 0.729. The number of nitrogens with two attached hydrogens (primary N) is 1. The fraction of sp³-hybridized carbons (Fsp3) is 0.200. The van der Waals surface area contributed by atoms with Crippen molar-refractivity contribution in [2.24, 2.45) is 5.73 Å². The van der Waals surface area contributed by atoms with Gasteiger partial charge in [0.1, 0.15) is 0 Å². The molecule has 0 spiro atoms. The third kappa shape index (κ3) is 2.71. The highest BCUT2D eigenvalue weighted by molar-refractivity contribution is 5.76. The molecule has 0 saturated carbocycles. The van der Waals surface area contributed by atoms with E-state index >= 15 is 0 Å². The molecule has 1 aromatic rings. The van der Waals surface area contributed by atoms with Gasteiger partial charge in [0.2, 0.25) is 0 Å². The molecule has 0 heterocycles. The van der Waals surface area contributed by atoms with Crippen molar-refractivity contribution in [2.45, 2.75) is 12.8 Å². The Balaban J connectivity index is 2.08. The van der Waals surface area contributed by atoms with E-state index in [1.165, 1.54) is 16.7 Å². The predicted molar refractivity (Wildman–Crippen MR) is 69.9 cm³/mol. The second-order valence-corrected chi connectivity index (χ2v) is 3.92. The number of benzene rings is 1. The normalized spacial score (nSPS) is 17.6. The second kappa shape index (κ2) is 5.47. The van der Waals surface area contributed by atoms with Crippen molar-refractivity contribution < 1.29 is 0 Å². The molecule has 0 aromatic heterocycles. The Kier molecular flexibility index (Phi) is 3.73. The summed E-state index contributed by atoms with van der Waals surface area (Å²) in [6, 6.07) is 10.5. The van der Waals surface area contributed by atoms with Gasteiger partial charge in [-0.1, -0.05) is 54.6 Å². The van der Waals surface area contributed by atoms with Gasteiger partial charge in [0.25, 0.3) is 0 Å². The summed E-state index contributed by atoms with van der Waals surface area (Å²) in [5.41, 5.74) is 9.45. The molecule has 0 bridgehead atoms. The molecule has 1 aliphatic carbocycles. The maximum Gasteiger partial charge on any atom is -0.00424 e. The van der Waals surface area contributed by atoms with Crippen LogP contribution < -0.4 is 5.73 Å². The Labute approximate surface area is 97.0 Å². The first-order valence-corrected chi connectivity index (χ1v) is 5.73. The van der Waals surface area contributed by atoms with Crippen molar-refractivity contribution >= 4 is 5.57 Å². The van der Waals surface area contributed by atoms with Gasteiger partial charge in [-0.05, 0) is 36.1 Å². The third-order valence-corrected chi connectivity index (χ3v) is 2.71. The van der Waals surface area contributed by atoms with Crippen LogP contribution in [0.4, 0.5) is 0 Å². The standard InChI is InChI=1S/C15H17N/c16-12-4-5-13-8-10-15(11-9-13)14-6-2-1-3-7-14/h1-3,5-8,10-11H,4,9,12,16H2/b13-5-. The van der Waals surface area contributed by atoms with Gasteiger partial charge in [0.15, 0.2) is 0 Å². The Bertz CT molecular complexity index is 424. The van der Waals surface area contributed by atoms with E-state index in [4.69, 9.17) is 5.73 Å². The molecule has 0 atom stereocenters. The first kappa shape index (κ1) is 10.9. The second-order valence-electron chi connectivity index (χ2n) is 3.92. The minimum Gasteiger partial charge on any atom is -0.330 e. The topological polar surface area (TPSA) is 26.0 Å². The predicted octanol–water partition coefficient (Wildman–Crippen LogP) is 3.31. The van der Waals surface area contributed by atoms with Crippen LogP contribution >= 0.6 is 0 Å². The minimum absolute atomic E-state index is 0.729. The van der Waals surface area contributed by atoms with E-state index in [0.29, 0.717) is 0 Å². The van der Waals surface area contributed by atoms with Crippen LogP contribution in [0, 0.1) is 0 Å². The lowest BCUT2D eigenvalue weighted by atomic mass is 9.96. The average Bonchev–Trinajstić information content (AvgIpc) is 2.38. The Morgan fingerprint density at radius 1 is 1.12 bits per heavy atom. The van der Waals surface area contributed by atoms with Gasteiger partial charge in [0, 0.05) is 0 Å². The molecular formula is C15H17N. The van der Waals surface area contributed by atoms with Crippen molar-refractivity contribution in [3.05, 3.63) is 65.8 Å². The van der Waals surface area contributed by atoms with Gasteiger partial charge < -0.3 is 5.73 Å². The van der Waals surface area contributed by atoms with E-state index in [1.54, 1.807) is 0 Å². The van der Waals surface area contributed by atoms with Gasteiger partial charge in [0.05, 0.1) is 0 Å². The van der Waals surface area contributed by atoms with Gasteiger partial charge in [-0.15, -0.1) is 0 Å². The summed E-state index contributed by atoms with van der Waals surface area (Å²) < 4.78 is 0. The zero-order valence-corrected chi connectivity index (χ0v) is 9.39. The molecule has 1 aromatic carbocycles. The van der Waals surface area contributed by atoms with E-state index in [-0.39, 0.29) is 0 Å². The molecule has 1 nitrogen and oxygen atoms in total. The first-order valence-electron chi connectivity index (χ1n) is 5.73. The first-order chi connectivity index (χ1) is 7.90. The molecule has 0 unspecified atom stereocenters. The maximum atomic E-state index is 5.48. The number of allylic oxidation sites excluding steroid dienone is 5. The van der Waals surface area contributed by atoms with Gasteiger partial charge in [-0.2, -0.15) is 0 Å². The highest BCUT2D eigenvalue weighted by Crippen LogP contribution is 2.23. The molecule has 16 heavy (non-hydrogen) atoms. The van der Waals surface area contributed by atoms with Crippen molar-refractivity contribution in [1.29, 1.82) is 0 Å². The van der Waals surface area contributed by atoms with Crippen LogP contribution in [0.25, 0.3) is 5.57 Å². The fourth-order valence-corrected chi connectivity index (χ4v) is 1.83. The SMILES string of the molecule is NCC/C=C1/C=CC(c2ccccc2)=CC1. The summed E-state index contributed by atoms with van der Waals surface area (Å²) in [6.45, 7) is 0.729. The van der Waals surface area contributed by atoms with Crippen molar-refractivity contribution in [2.75, 3.05) is 6.54 Å². The molecule has 0 saturated heterocycles. The summed E-state index contributed by atoms with van der Waals surface area (Å²) in [5.74, 6) is 0. The van der Waals surface area contributed by atoms with Gasteiger partial charge in [-0.25, -0.2) is 0 Å². The summed E-state index contributed by atoms with van der Waals surface area (Å²) in [5, 5.41) is 0. The largest absolute Gasteiger partial charge is 0.330 e. The van der Waals surface area contributed by atoms with Crippen LogP contribution in [0.3, 0.4) is 0 Å². The molecule has 1 heteroatoms. The summed E-state index contributed by atoms with van der Waals surface area (Å²) in [6.07, 6.45) is 10.8. The van der Waals surface area contributed by atoms with Crippen LogP contribution in [0.15, 0.2) is 60.2 Å². The molecular weight excluding hydrogens is 194 g/mol. The quantitative estimate of drug-likeness (QED) is 0.815. The molecule has 0 radical (unpaired) electrons. The smallest absolute Gasteiger partial charge is 0.00424 e. The Morgan fingerprint density at radius 3 is 2.56 bits per heavy atom. The Hall–Kier alpha value is -1.60. The van der Waals surface area contributed by atoms with E-state index in [0.717, 1.165) is 19.4 Å². The lowest BCUT2D eigenvalue weighted by molar-refractivity contribution is 0.993. The van der Waals surface area contributed by atoms with Crippen molar-refractivity contribution in [1.82, 2.24) is 0 Å². The zero-order chi connectivity index (χ0) is 11.2. The molecule has 2 N–H and O–H groups in total. The third-order valence-electron chi connectivity index (χ3n) is 2.71. The monoisotopic (exact) mass is 211 g/mol. The lowest BCUT2D eigenvalue weighted by Crippen LogP contribution is -1.96. The van der Waals surface area contributed by atoms with Gasteiger partial charge in [-0.3, -0.25) is 0 Å². The number of hydrogen-bond donors (Lipinski definition) is 1. The Morgan fingerprint density at radius 2 is 1.94 bits per heavy atom. The molecule has 0 amide bonds. The van der Waals surface area contributed by atoms with E-state index < -0.39 is 0 Å². The number of rotatable bonds is 3. The molecule has 82 valence electrons. The van der Waals surface area contributed by atoms with Crippen LogP contribution in [0.5, 0.6) is 0 Å². The summed E-state index contributed by atoms with van der Waals surface area (Å²) >= 11 is 0. The molecule has 0 fully saturated rings. The highest BCUT2D eigenvalue weighted by Gasteiger charge is 2.02. The molecule has 2 rings (SSSR count). The van der Waals surface area contributed by atoms with Gasteiger partial charge >= 0.3 is 0 Å². The van der Waals surface area contributed by atoms with Crippen LogP contribution in [-0.4, -0.2) is 6.54 Å². The van der Waals surface area contributed by atoms with E-state index in [9.17, 15) is 0 Å². The van der Waals surface area contributed by atoms with E-state index in [1.807, 2.05) is 6.07 Å². The maximum absolute atomic E-state index is 5.48. The van der Waals surface area contributed by atoms with Crippen LogP contribution in [0.2, 0.25) is 0 Å².